The average molecular weight is 350 g/mol. The van der Waals surface area contributed by atoms with Crippen molar-refractivity contribution in [1.29, 1.82) is 0 Å². The molecule has 0 atom stereocenters. The fraction of sp³-hybridized carbons (Fsp3) is 0.312. The third-order valence-corrected chi connectivity index (χ3v) is 4.06. The van der Waals surface area contributed by atoms with Crippen LogP contribution in [0.15, 0.2) is 39.1 Å². The SMILES string of the molecule is CC1=CC(Nc2c(F)c(=O)n(C)c3ncn(CCCO)c(=O)c23)=C1F. The first-order valence-electron chi connectivity index (χ1n) is 7.60. The summed E-state index contributed by atoms with van der Waals surface area (Å²) in [4.78, 5) is 28.8. The number of nitrogens with zero attached hydrogens (tertiary/aromatic N) is 3. The van der Waals surface area contributed by atoms with E-state index in [1.165, 1.54) is 24.0 Å². The summed E-state index contributed by atoms with van der Waals surface area (Å²) in [7, 11) is 1.30. The number of pyridine rings is 1. The normalized spacial score (nSPS) is 13.9. The average Bonchev–Trinajstić information content (AvgIpc) is 2.61. The Hall–Kier alpha value is -2.81. The number of anilines is 1. The molecule has 0 unspecified atom stereocenters. The summed E-state index contributed by atoms with van der Waals surface area (Å²) in [5.41, 5.74) is -1.60. The Morgan fingerprint density at radius 3 is 2.60 bits per heavy atom. The Morgan fingerprint density at radius 1 is 1.28 bits per heavy atom. The Bertz CT molecular complexity index is 1050. The molecular formula is C16H16F2N4O3. The lowest BCUT2D eigenvalue weighted by atomic mass is 10.0. The van der Waals surface area contributed by atoms with Crippen LogP contribution in [-0.4, -0.2) is 25.8 Å². The summed E-state index contributed by atoms with van der Waals surface area (Å²) in [5, 5.41) is 11.3. The lowest BCUT2D eigenvalue weighted by molar-refractivity contribution is 0.279. The molecule has 0 fully saturated rings. The molecule has 132 valence electrons. The second kappa shape index (κ2) is 6.25. The summed E-state index contributed by atoms with van der Waals surface area (Å²) in [5.74, 6) is -1.75. The van der Waals surface area contributed by atoms with E-state index in [1.807, 2.05) is 0 Å². The molecule has 3 rings (SSSR count). The lowest BCUT2D eigenvalue weighted by Crippen LogP contribution is -2.30. The van der Waals surface area contributed by atoms with Gasteiger partial charge in [0.2, 0.25) is 5.82 Å². The molecule has 0 bridgehead atoms. The molecular weight excluding hydrogens is 334 g/mol. The Balaban J connectivity index is 2.26. The number of hydrogen-bond acceptors (Lipinski definition) is 5. The van der Waals surface area contributed by atoms with Gasteiger partial charge in [-0.25, -0.2) is 9.37 Å². The minimum Gasteiger partial charge on any atom is -0.396 e. The lowest BCUT2D eigenvalue weighted by Gasteiger charge is -2.19. The maximum absolute atomic E-state index is 14.5. The van der Waals surface area contributed by atoms with Crippen LogP contribution in [-0.2, 0) is 13.6 Å². The van der Waals surface area contributed by atoms with Crippen molar-refractivity contribution < 1.29 is 13.9 Å². The predicted octanol–water partition coefficient (Wildman–Crippen LogP) is 1.17. The molecule has 1 aliphatic carbocycles. The number of allylic oxidation sites excluding steroid dienone is 3. The molecule has 2 aromatic rings. The summed E-state index contributed by atoms with van der Waals surface area (Å²) in [6.45, 7) is 1.60. The van der Waals surface area contributed by atoms with E-state index in [9.17, 15) is 18.4 Å². The molecule has 0 aromatic carbocycles. The highest BCUT2D eigenvalue weighted by Crippen LogP contribution is 2.31. The summed E-state index contributed by atoms with van der Waals surface area (Å²) < 4.78 is 30.4. The predicted molar refractivity (Wildman–Crippen MR) is 88.4 cm³/mol. The summed E-state index contributed by atoms with van der Waals surface area (Å²) in [6.07, 6.45) is 2.99. The van der Waals surface area contributed by atoms with Gasteiger partial charge in [0, 0.05) is 20.2 Å². The first-order chi connectivity index (χ1) is 11.9. The van der Waals surface area contributed by atoms with Crippen LogP contribution < -0.4 is 16.4 Å². The van der Waals surface area contributed by atoms with E-state index in [2.05, 4.69) is 10.3 Å². The number of aliphatic hydroxyl groups excluding tert-OH is 1. The largest absolute Gasteiger partial charge is 0.396 e. The third-order valence-electron chi connectivity index (χ3n) is 4.06. The van der Waals surface area contributed by atoms with E-state index in [0.717, 1.165) is 4.57 Å². The van der Waals surface area contributed by atoms with E-state index in [0.29, 0.717) is 12.0 Å². The van der Waals surface area contributed by atoms with Crippen molar-refractivity contribution >= 4 is 16.7 Å². The van der Waals surface area contributed by atoms with Gasteiger partial charge in [-0.3, -0.25) is 18.7 Å². The molecule has 0 aliphatic heterocycles. The quantitative estimate of drug-likeness (QED) is 0.845. The summed E-state index contributed by atoms with van der Waals surface area (Å²) >= 11 is 0. The minimum absolute atomic E-state index is 0.00360. The van der Waals surface area contributed by atoms with Crippen molar-refractivity contribution in [2.45, 2.75) is 19.9 Å². The second-order valence-corrected chi connectivity index (χ2v) is 5.75. The smallest absolute Gasteiger partial charge is 0.290 e. The molecule has 2 heterocycles. The van der Waals surface area contributed by atoms with E-state index in [4.69, 9.17) is 5.11 Å². The highest BCUT2D eigenvalue weighted by atomic mass is 19.1. The number of aliphatic hydroxyl groups is 1. The maximum atomic E-state index is 14.5. The van der Waals surface area contributed by atoms with Crippen LogP contribution in [0.1, 0.15) is 13.3 Å². The van der Waals surface area contributed by atoms with Crippen molar-refractivity contribution in [3.63, 3.8) is 0 Å². The molecule has 2 N–H and O–H groups in total. The molecule has 0 spiro atoms. The van der Waals surface area contributed by atoms with Gasteiger partial charge in [0.1, 0.15) is 11.2 Å². The number of hydrogen-bond donors (Lipinski definition) is 2. The van der Waals surface area contributed by atoms with Crippen LogP contribution in [0.2, 0.25) is 0 Å². The van der Waals surface area contributed by atoms with Gasteiger partial charge < -0.3 is 10.4 Å². The van der Waals surface area contributed by atoms with E-state index in [1.54, 1.807) is 6.92 Å². The monoisotopic (exact) mass is 350 g/mol. The van der Waals surface area contributed by atoms with Gasteiger partial charge in [-0.05, 0) is 25.0 Å². The highest BCUT2D eigenvalue weighted by molar-refractivity contribution is 5.90. The molecule has 0 saturated heterocycles. The number of fused-ring (bicyclic) bond motifs is 1. The molecule has 9 heteroatoms. The number of aromatic nitrogens is 3. The second-order valence-electron chi connectivity index (χ2n) is 5.75. The fourth-order valence-corrected chi connectivity index (χ4v) is 2.63. The third kappa shape index (κ3) is 2.66. The van der Waals surface area contributed by atoms with E-state index in [-0.39, 0.29) is 29.9 Å². The topological polar surface area (TPSA) is 89.2 Å². The van der Waals surface area contributed by atoms with Crippen LogP contribution in [0.25, 0.3) is 11.0 Å². The zero-order chi connectivity index (χ0) is 18.3. The van der Waals surface area contributed by atoms with Crippen LogP contribution in [0.3, 0.4) is 0 Å². The molecule has 7 nitrogen and oxygen atoms in total. The zero-order valence-electron chi connectivity index (χ0n) is 13.6. The van der Waals surface area contributed by atoms with Gasteiger partial charge in [0.15, 0.2) is 5.65 Å². The number of nitrogens with one attached hydrogen (secondary N) is 1. The van der Waals surface area contributed by atoms with Crippen molar-refractivity contribution in [3.8, 4) is 0 Å². The molecule has 0 amide bonds. The Morgan fingerprint density at radius 2 is 2.00 bits per heavy atom. The minimum atomic E-state index is -1.19. The van der Waals surface area contributed by atoms with Gasteiger partial charge in [-0.15, -0.1) is 0 Å². The summed E-state index contributed by atoms with van der Waals surface area (Å²) in [6, 6.07) is 0. The van der Waals surface area contributed by atoms with Gasteiger partial charge >= 0.3 is 0 Å². The maximum Gasteiger partial charge on any atom is 0.290 e. The fourth-order valence-electron chi connectivity index (χ4n) is 2.63. The van der Waals surface area contributed by atoms with Gasteiger partial charge in [-0.2, -0.15) is 4.39 Å². The van der Waals surface area contributed by atoms with Gasteiger partial charge in [0.05, 0.1) is 17.7 Å². The van der Waals surface area contributed by atoms with Crippen molar-refractivity contribution in [2.75, 3.05) is 11.9 Å². The molecule has 0 saturated carbocycles. The molecule has 1 aliphatic rings. The van der Waals surface area contributed by atoms with Crippen molar-refractivity contribution in [3.05, 3.63) is 56.0 Å². The van der Waals surface area contributed by atoms with Crippen LogP contribution in [0.5, 0.6) is 0 Å². The number of aryl methyl sites for hydroxylation is 2. The first-order valence-corrected chi connectivity index (χ1v) is 7.60. The van der Waals surface area contributed by atoms with Gasteiger partial charge in [0.25, 0.3) is 11.1 Å². The van der Waals surface area contributed by atoms with E-state index < -0.39 is 28.5 Å². The zero-order valence-corrected chi connectivity index (χ0v) is 13.6. The van der Waals surface area contributed by atoms with E-state index >= 15 is 0 Å². The number of rotatable bonds is 5. The Labute approximate surface area is 140 Å². The highest BCUT2D eigenvalue weighted by Gasteiger charge is 2.24. The molecule has 0 radical (unpaired) electrons. The molecule has 25 heavy (non-hydrogen) atoms. The van der Waals surface area contributed by atoms with Crippen LogP contribution in [0.4, 0.5) is 14.5 Å². The van der Waals surface area contributed by atoms with Crippen LogP contribution in [0, 0.1) is 5.82 Å². The van der Waals surface area contributed by atoms with Crippen molar-refractivity contribution in [1.82, 2.24) is 14.1 Å². The Kier molecular flexibility index (Phi) is 4.25. The van der Waals surface area contributed by atoms with Gasteiger partial charge in [-0.1, -0.05) is 0 Å². The van der Waals surface area contributed by atoms with Crippen LogP contribution >= 0.6 is 0 Å². The first kappa shape index (κ1) is 17.0. The van der Waals surface area contributed by atoms with Crippen molar-refractivity contribution in [2.24, 2.45) is 7.05 Å². The molecule has 2 aromatic heterocycles. The standard InChI is InChI=1S/C16H16F2N4O3/c1-8-6-9(11(8)17)20-13-10-14(21(2)16(25)12(13)18)19-7-22(15(10)24)4-3-5-23/h6-7,20,23H,3-5H2,1-2H3. The number of halogens is 2.